The van der Waals surface area contributed by atoms with Gasteiger partial charge in [-0.15, -0.1) is 0 Å². The summed E-state index contributed by atoms with van der Waals surface area (Å²) in [7, 11) is 0. The number of hydrogen-bond acceptors (Lipinski definition) is 5. The van der Waals surface area contributed by atoms with Crippen LogP contribution in [0.4, 0.5) is 22.7 Å². The van der Waals surface area contributed by atoms with E-state index in [0.29, 0.717) is 6.67 Å². The third-order valence-corrected chi connectivity index (χ3v) is 11.1. The van der Waals surface area contributed by atoms with Gasteiger partial charge in [0.2, 0.25) is 0 Å². The van der Waals surface area contributed by atoms with E-state index in [-0.39, 0.29) is 5.41 Å². The number of rotatable bonds is 5. The van der Waals surface area contributed by atoms with Crippen LogP contribution in [0.5, 0.6) is 11.5 Å². The average molecular weight is 719 g/mol. The van der Waals surface area contributed by atoms with E-state index in [4.69, 9.17) is 14.1 Å². The standard InChI is InChI=1S/C49H42N4O2/c1-30-24-31(2)48(32(3)25-30)52-29-51(39-15-8-9-16-40(39)52)34-12-11-13-35(27-34)54-36-18-19-37-42(28-36)53(45-26-33(22-23-50-45)49(4,5)6)41-20-21-44-47(46(37)41)38-14-7-10-17-43(38)55-44/h7-28H,29H2,1-6H3. The summed E-state index contributed by atoms with van der Waals surface area (Å²) in [6.45, 7) is 14.0. The van der Waals surface area contributed by atoms with Crippen molar-refractivity contribution in [2.45, 2.75) is 47.0 Å². The van der Waals surface area contributed by atoms with Gasteiger partial charge >= 0.3 is 0 Å². The minimum Gasteiger partial charge on any atom is -0.457 e. The number of benzene rings is 6. The summed E-state index contributed by atoms with van der Waals surface area (Å²) in [4.78, 5) is 9.75. The number of nitrogens with zero attached hydrogens (tertiary/aromatic N) is 4. The SMILES string of the molecule is Cc1cc(C)c(N2CN(c3cccc(Oc4ccc5c6c7c(ccc6n(-c6cc(C(C)(C)C)ccn6)c5c4)oc4ccccc47)c3)c3ccccc32)c(C)c1. The average Bonchev–Trinajstić information content (AvgIpc) is 3.84. The van der Waals surface area contributed by atoms with Crippen LogP contribution in [-0.4, -0.2) is 16.2 Å². The first-order valence-electron chi connectivity index (χ1n) is 19.0. The molecule has 0 unspecified atom stereocenters. The van der Waals surface area contributed by atoms with Gasteiger partial charge in [0.1, 0.15) is 35.2 Å². The molecule has 0 bridgehead atoms. The van der Waals surface area contributed by atoms with Crippen LogP contribution in [0.2, 0.25) is 0 Å². The van der Waals surface area contributed by atoms with Crippen molar-refractivity contribution < 1.29 is 9.15 Å². The molecular formula is C49H42N4O2. The molecule has 270 valence electrons. The van der Waals surface area contributed by atoms with Gasteiger partial charge in [-0.3, -0.25) is 4.57 Å². The smallest absolute Gasteiger partial charge is 0.137 e. The Morgan fingerprint density at radius 2 is 1.36 bits per heavy atom. The molecule has 10 rings (SSSR count). The molecule has 0 aliphatic carbocycles. The zero-order valence-corrected chi connectivity index (χ0v) is 32.0. The van der Waals surface area contributed by atoms with Crippen molar-refractivity contribution in [3.05, 3.63) is 156 Å². The summed E-state index contributed by atoms with van der Waals surface area (Å²) in [5.41, 5.74) is 13.6. The number of anilines is 4. The second-order valence-electron chi connectivity index (χ2n) is 15.9. The molecule has 0 saturated heterocycles. The molecule has 0 amide bonds. The van der Waals surface area contributed by atoms with Crippen LogP contribution in [0.3, 0.4) is 0 Å². The highest BCUT2D eigenvalue weighted by Gasteiger charge is 2.30. The van der Waals surface area contributed by atoms with Crippen molar-refractivity contribution in [2.75, 3.05) is 16.5 Å². The van der Waals surface area contributed by atoms with E-state index in [0.717, 1.165) is 66.7 Å². The molecule has 1 aliphatic rings. The van der Waals surface area contributed by atoms with Crippen LogP contribution in [0.1, 0.15) is 43.0 Å². The van der Waals surface area contributed by atoms with E-state index in [9.17, 15) is 0 Å². The number of fused-ring (bicyclic) bond motifs is 8. The molecule has 6 aromatic carbocycles. The maximum atomic E-state index is 6.75. The van der Waals surface area contributed by atoms with Gasteiger partial charge in [0, 0.05) is 51.2 Å². The molecule has 0 atom stereocenters. The minimum atomic E-state index is -0.0333. The quantitative estimate of drug-likeness (QED) is 0.177. The Bertz CT molecular complexity index is 2960. The molecule has 6 nitrogen and oxygen atoms in total. The monoisotopic (exact) mass is 718 g/mol. The number of para-hydroxylation sites is 3. The van der Waals surface area contributed by atoms with Crippen molar-refractivity contribution in [1.29, 1.82) is 0 Å². The first-order valence-corrected chi connectivity index (χ1v) is 19.0. The summed E-state index contributed by atoms with van der Waals surface area (Å²) in [5.74, 6) is 2.40. The number of aryl methyl sites for hydroxylation is 3. The molecule has 4 heterocycles. The van der Waals surface area contributed by atoms with E-state index in [2.05, 4.69) is 165 Å². The second kappa shape index (κ2) is 12.3. The van der Waals surface area contributed by atoms with E-state index in [1.165, 1.54) is 39.3 Å². The molecule has 3 aromatic heterocycles. The molecule has 1 aliphatic heterocycles. The lowest BCUT2D eigenvalue weighted by Gasteiger charge is -2.25. The molecule has 0 saturated carbocycles. The Morgan fingerprint density at radius 3 is 2.16 bits per heavy atom. The van der Waals surface area contributed by atoms with Crippen molar-refractivity contribution >= 4 is 66.5 Å². The highest BCUT2D eigenvalue weighted by Crippen LogP contribution is 2.47. The van der Waals surface area contributed by atoms with Gasteiger partial charge < -0.3 is 19.0 Å². The van der Waals surface area contributed by atoms with E-state index >= 15 is 0 Å². The summed E-state index contributed by atoms with van der Waals surface area (Å²) >= 11 is 0. The zero-order valence-electron chi connectivity index (χ0n) is 32.0. The van der Waals surface area contributed by atoms with E-state index < -0.39 is 0 Å². The van der Waals surface area contributed by atoms with Crippen LogP contribution < -0.4 is 14.5 Å². The topological polar surface area (TPSA) is 46.7 Å². The predicted molar refractivity (Wildman–Crippen MR) is 227 cm³/mol. The number of pyridine rings is 1. The van der Waals surface area contributed by atoms with Crippen molar-refractivity contribution in [1.82, 2.24) is 9.55 Å². The molecule has 0 N–H and O–H groups in total. The Morgan fingerprint density at radius 1 is 0.618 bits per heavy atom. The highest BCUT2D eigenvalue weighted by atomic mass is 16.5. The number of furan rings is 1. The third kappa shape index (κ3) is 5.35. The van der Waals surface area contributed by atoms with Gasteiger partial charge in [0.25, 0.3) is 0 Å². The van der Waals surface area contributed by atoms with Gasteiger partial charge in [-0.25, -0.2) is 4.98 Å². The van der Waals surface area contributed by atoms with Crippen LogP contribution in [0, 0.1) is 20.8 Å². The number of ether oxygens (including phenoxy) is 1. The molecule has 55 heavy (non-hydrogen) atoms. The van der Waals surface area contributed by atoms with E-state index in [1.54, 1.807) is 0 Å². The summed E-state index contributed by atoms with van der Waals surface area (Å²) < 4.78 is 15.4. The van der Waals surface area contributed by atoms with Crippen LogP contribution in [0.25, 0.3) is 49.6 Å². The first-order chi connectivity index (χ1) is 26.6. The van der Waals surface area contributed by atoms with Crippen molar-refractivity contribution in [2.24, 2.45) is 0 Å². The zero-order chi connectivity index (χ0) is 37.6. The normalized spacial score (nSPS) is 13.1. The predicted octanol–water partition coefficient (Wildman–Crippen LogP) is 13.3. The van der Waals surface area contributed by atoms with E-state index in [1.807, 2.05) is 24.4 Å². The second-order valence-corrected chi connectivity index (χ2v) is 15.9. The summed E-state index contributed by atoms with van der Waals surface area (Å²) in [5, 5.41) is 4.48. The maximum Gasteiger partial charge on any atom is 0.137 e. The Hall–Kier alpha value is -6.53. The molecule has 0 spiro atoms. The first kappa shape index (κ1) is 33.1. The van der Waals surface area contributed by atoms with Gasteiger partial charge in [0.05, 0.1) is 22.4 Å². The summed E-state index contributed by atoms with van der Waals surface area (Å²) in [6.07, 6.45) is 1.92. The van der Waals surface area contributed by atoms with Crippen molar-refractivity contribution in [3.63, 3.8) is 0 Å². The highest BCUT2D eigenvalue weighted by molar-refractivity contribution is 6.27. The largest absolute Gasteiger partial charge is 0.457 e. The van der Waals surface area contributed by atoms with Crippen LogP contribution in [-0.2, 0) is 5.41 Å². The molecular weight excluding hydrogens is 677 g/mol. The molecule has 9 aromatic rings. The fraction of sp³-hybridized carbons (Fsp3) is 0.163. The minimum absolute atomic E-state index is 0.0333. The fourth-order valence-corrected chi connectivity index (χ4v) is 8.70. The Kier molecular flexibility index (Phi) is 7.37. The van der Waals surface area contributed by atoms with Gasteiger partial charge in [-0.1, -0.05) is 74.9 Å². The number of hydrogen-bond donors (Lipinski definition) is 0. The van der Waals surface area contributed by atoms with Gasteiger partial charge in [-0.05, 0) is 110 Å². The van der Waals surface area contributed by atoms with Crippen LogP contribution >= 0.6 is 0 Å². The Labute approximate surface area is 320 Å². The summed E-state index contributed by atoms with van der Waals surface area (Å²) in [6, 6.07) is 44.9. The molecule has 0 radical (unpaired) electrons. The molecule has 0 fully saturated rings. The molecule has 6 heteroatoms. The van der Waals surface area contributed by atoms with Gasteiger partial charge in [-0.2, -0.15) is 0 Å². The third-order valence-electron chi connectivity index (χ3n) is 11.1. The van der Waals surface area contributed by atoms with Crippen LogP contribution in [0.15, 0.2) is 138 Å². The number of aromatic nitrogens is 2. The maximum absolute atomic E-state index is 6.75. The lowest BCUT2D eigenvalue weighted by molar-refractivity contribution is 0.483. The lowest BCUT2D eigenvalue weighted by atomic mass is 9.88. The van der Waals surface area contributed by atoms with Gasteiger partial charge in [0.15, 0.2) is 0 Å². The lowest BCUT2D eigenvalue weighted by Crippen LogP contribution is -2.25. The fourth-order valence-electron chi connectivity index (χ4n) is 8.70. The van der Waals surface area contributed by atoms with Crippen molar-refractivity contribution in [3.8, 4) is 17.3 Å². The Balaban J connectivity index is 1.08.